The number of rotatable bonds is 7. The second-order valence-corrected chi connectivity index (χ2v) is 5.76. The quantitative estimate of drug-likeness (QED) is 0.547. The first-order chi connectivity index (χ1) is 11.6. The van der Waals surface area contributed by atoms with E-state index >= 15 is 0 Å². The molecule has 8 nitrogen and oxygen atoms in total. The molecule has 1 aliphatic carbocycles. The lowest BCUT2D eigenvalue weighted by Crippen LogP contribution is -2.23. The first-order valence-corrected chi connectivity index (χ1v) is 7.71. The van der Waals surface area contributed by atoms with Gasteiger partial charge in [-0.05, 0) is 48.4 Å². The summed E-state index contributed by atoms with van der Waals surface area (Å²) in [5, 5.41) is 34.1. The Morgan fingerprint density at radius 1 is 0.880 bits per heavy atom. The third-order valence-corrected chi connectivity index (χ3v) is 3.85. The standard InChI is InChI=1S/C11H10O4.C6H10O4/c1-5-4-8-6(10(12)13)2-3-7(9(5)8)11(14)15;7-5(8)3-1-2-4-6(9)10/h2-3,5H,4H2,1H3,(H,12,13)(H,14,15);1-4H2,(H,7,8)(H,9,10). The molecule has 0 aromatic heterocycles. The van der Waals surface area contributed by atoms with Gasteiger partial charge in [-0.15, -0.1) is 0 Å². The Kier molecular flexibility index (Phi) is 7.10. The predicted octanol–water partition coefficient (Wildman–Crippen LogP) is 2.46. The summed E-state index contributed by atoms with van der Waals surface area (Å²) in [6, 6.07) is 2.75. The van der Waals surface area contributed by atoms with Crippen LogP contribution >= 0.6 is 0 Å². The maximum absolute atomic E-state index is 10.9. The summed E-state index contributed by atoms with van der Waals surface area (Å²) < 4.78 is 0. The van der Waals surface area contributed by atoms with E-state index < -0.39 is 23.9 Å². The molecule has 0 radical (unpaired) electrons. The van der Waals surface area contributed by atoms with Crippen molar-refractivity contribution in [3.8, 4) is 0 Å². The van der Waals surface area contributed by atoms with Gasteiger partial charge in [0, 0.05) is 12.8 Å². The predicted molar refractivity (Wildman–Crippen MR) is 86.2 cm³/mol. The van der Waals surface area contributed by atoms with E-state index in [1.165, 1.54) is 12.1 Å². The molecule has 2 rings (SSSR count). The average molecular weight is 352 g/mol. The van der Waals surface area contributed by atoms with E-state index in [0.717, 1.165) is 0 Å². The van der Waals surface area contributed by atoms with Crippen molar-refractivity contribution in [1.29, 1.82) is 0 Å². The Balaban J connectivity index is 0.000000275. The highest BCUT2D eigenvalue weighted by Gasteiger charge is 2.31. The highest BCUT2D eigenvalue weighted by atomic mass is 16.4. The van der Waals surface area contributed by atoms with Crippen LogP contribution in [0.5, 0.6) is 0 Å². The Hall–Kier alpha value is -2.90. The van der Waals surface area contributed by atoms with Crippen LogP contribution in [-0.4, -0.2) is 44.3 Å². The zero-order valence-electron chi connectivity index (χ0n) is 13.7. The Morgan fingerprint density at radius 3 is 1.68 bits per heavy atom. The van der Waals surface area contributed by atoms with Gasteiger partial charge in [-0.2, -0.15) is 0 Å². The molecule has 136 valence electrons. The van der Waals surface area contributed by atoms with Crippen molar-refractivity contribution in [3.63, 3.8) is 0 Å². The smallest absolute Gasteiger partial charge is 0.335 e. The van der Waals surface area contributed by atoms with Crippen LogP contribution in [0.2, 0.25) is 0 Å². The molecule has 4 N–H and O–H groups in total. The molecule has 0 saturated carbocycles. The average Bonchev–Trinajstić information content (AvgIpc) is 2.49. The van der Waals surface area contributed by atoms with Crippen LogP contribution in [0.25, 0.3) is 0 Å². The third kappa shape index (κ3) is 5.59. The van der Waals surface area contributed by atoms with Crippen molar-refractivity contribution < 1.29 is 39.6 Å². The number of carboxylic acids is 4. The van der Waals surface area contributed by atoms with Crippen LogP contribution in [0.1, 0.15) is 70.4 Å². The molecule has 0 amide bonds. The van der Waals surface area contributed by atoms with Crippen molar-refractivity contribution in [2.75, 3.05) is 0 Å². The van der Waals surface area contributed by atoms with Gasteiger partial charge in [0.15, 0.2) is 0 Å². The van der Waals surface area contributed by atoms with Crippen LogP contribution < -0.4 is 0 Å². The lowest BCUT2D eigenvalue weighted by molar-refractivity contribution is -0.139. The molecular formula is C17H20O8. The van der Waals surface area contributed by atoms with Gasteiger partial charge < -0.3 is 20.4 Å². The number of hydrogen-bond donors (Lipinski definition) is 4. The summed E-state index contributed by atoms with van der Waals surface area (Å²) in [7, 11) is 0. The SMILES string of the molecule is CC1Cc2c(C(=O)O)ccc(C(=O)O)c21.O=C(O)CCCCC(=O)O. The van der Waals surface area contributed by atoms with Gasteiger partial charge in [-0.3, -0.25) is 9.59 Å². The van der Waals surface area contributed by atoms with Crippen molar-refractivity contribution in [2.24, 2.45) is 0 Å². The van der Waals surface area contributed by atoms with Crippen LogP contribution in [-0.2, 0) is 16.0 Å². The lowest BCUT2D eigenvalue weighted by atomic mass is 9.73. The maximum Gasteiger partial charge on any atom is 0.335 e. The number of aromatic carboxylic acids is 2. The van der Waals surface area contributed by atoms with E-state index in [1.807, 2.05) is 6.92 Å². The summed E-state index contributed by atoms with van der Waals surface area (Å²) in [6.07, 6.45) is 1.67. The van der Waals surface area contributed by atoms with Gasteiger partial charge in [0.25, 0.3) is 0 Å². The Bertz CT molecular complexity index is 676. The molecule has 0 bridgehead atoms. The fourth-order valence-electron chi connectivity index (χ4n) is 2.66. The zero-order valence-corrected chi connectivity index (χ0v) is 13.7. The van der Waals surface area contributed by atoms with Crippen LogP contribution in [0.3, 0.4) is 0 Å². The Labute approximate surface area is 143 Å². The molecule has 1 aromatic rings. The third-order valence-electron chi connectivity index (χ3n) is 3.85. The zero-order chi connectivity index (χ0) is 19.1. The molecule has 1 unspecified atom stereocenters. The normalized spacial score (nSPS) is 14.4. The van der Waals surface area contributed by atoms with Gasteiger partial charge in [0.1, 0.15) is 0 Å². The van der Waals surface area contributed by atoms with E-state index in [0.29, 0.717) is 30.4 Å². The molecular weight excluding hydrogens is 332 g/mol. The minimum Gasteiger partial charge on any atom is -0.481 e. The summed E-state index contributed by atoms with van der Waals surface area (Å²) in [6.45, 7) is 1.90. The number of unbranched alkanes of at least 4 members (excludes halogenated alkanes) is 1. The molecule has 25 heavy (non-hydrogen) atoms. The van der Waals surface area contributed by atoms with Gasteiger partial charge in [-0.25, -0.2) is 9.59 Å². The number of benzene rings is 1. The second-order valence-electron chi connectivity index (χ2n) is 5.76. The number of fused-ring (bicyclic) bond motifs is 1. The van der Waals surface area contributed by atoms with Crippen LogP contribution in [0.4, 0.5) is 0 Å². The van der Waals surface area contributed by atoms with E-state index in [9.17, 15) is 19.2 Å². The maximum atomic E-state index is 10.9. The molecule has 0 spiro atoms. The van der Waals surface area contributed by atoms with Crippen molar-refractivity contribution >= 4 is 23.9 Å². The summed E-state index contributed by atoms with van der Waals surface area (Å²) in [5.74, 6) is -3.58. The largest absolute Gasteiger partial charge is 0.481 e. The van der Waals surface area contributed by atoms with Gasteiger partial charge in [0.2, 0.25) is 0 Å². The first-order valence-electron chi connectivity index (χ1n) is 7.71. The van der Waals surface area contributed by atoms with Crippen molar-refractivity contribution in [1.82, 2.24) is 0 Å². The van der Waals surface area contributed by atoms with E-state index in [2.05, 4.69) is 0 Å². The van der Waals surface area contributed by atoms with Gasteiger partial charge in [-0.1, -0.05) is 6.92 Å². The number of hydrogen-bond acceptors (Lipinski definition) is 4. The fraction of sp³-hybridized carbons (Fsp3) is 0.412. The summed E-state index contributed by atoms with van der Waals surface area (Å²) >= 11 is 0. The van der Waals surface area contributed by atoms with Gasteiger partial charge in [0.05, 0.1) is 11.1 Å². The van der Waals surface area contributed by atoms with Crippen LogP contribution in [0, 0.1) is 0 Å². The highest BCUT2D eigenvalue weighted by Crippen LogP contribution is 2.39. The van der Waals surface area contributed by atoms with E-state index in [4.69, 9.17) is 20.4 Å². The molecule has 1 aromatic carbocycles. The fourth-order valence-corrected chi connectivity index (χ4v) is 2.66. The molecule has 1 aliphatic rings. The van der Waals surface area contributed by atoms with Crippen molar-refractivity contribution in [3.05, 3.63) is 34.4 Å². The minimum absolute atomic E-state index is 0.0628. The summed E-state index contributed by atoms with van der Waals surface area (Å²) in [4.78, 5) is 41.5. The molecule has 0 fully saturated rings. The number of aliphatic carboxylic acids is 2. The van der Waals surface area contributed by atoms with Gasteiger partial charge >= 0.3 is 23.9 Å². The minimum atomic E-state index is -0.991. The molecule has 0 aliphatic heterocycles. The molecule has 0 saturated heterocycles. The second kappa shape index (κ2) is 8.81. The Morgan fingerprint density at radius 2 is 1.32 bits per heavy atom. The van der Waals surface area contributed by atoms with E-state index in [-0.39, 0.29) is 29.9 Å². The molecule has 0 heterocycles. The lowest BCUT2D eigenvalue weighted by Gasteiger charge is -2.30. The summed E-state index contributed by atoms with van der Waals surface area (Å²) in [5.41, 5.74) is 1.82. The molecule has 8 heteroatoms. The van der Waals surface area contributed by atoms with Crippen molar-refractivity contribution in [2.45, 2.75) is 44.9 Å². The number of carboxylic acid groups (broad SMARTS) is 4. The van der Waals surface area contributed by atoms with E-state index in [1.54, 1.807) is 0 Å². The number of carbonyl (C=O) groups is 4. The highest BCUT2D eigenvalue weighted by molar-refractivity contribution is 5.96. The molecule has 1 atom stereocenters. The first kappa shape index (κ1) is 20.1. The monoisotopic (exact) mass is 352 g/mol. The topological polar surface area (TPSA) is 149 Å². The van der Waals surface area contributed by atoms with Crippen LogP contribution in [0.15, 0.2) is 12.1 Å².